The van der Waals surface area contributed by atoms with Crippen molar-refractivity contribution in [2.45, 2.75) is 50.9 Å². The van der Waals surface area contributed by atoms with Crippen molar-refractivity contribution in [2.75, 3.05) is 38.0 Å². The second-order valence-electron chi connectivity index (χ2n) is 11.0. The molecular formula is C33H39N3O6. The second kappa shape index (κ2) is 14.5. The number of aliphatic hydroxyl groups excluding tert-OH is 1. The third-order valence-corrected chi connectivity index (χ3v) is 7.82. The third-order valence-electron chi connectivity index (χ3n) is 7.82. The average Bonchev–Trinajstić information content (AvgIpc) is 3.02. The molecule has 3 aromatic carbocycles. The number of piperazine rings is 1. The number of carboxylic acids is 1. The lowest BCUT2D eigenvalue weighted by Gasteiger charge is -2.40. The number of nitrogens with zero attached hydrogens (tertiary/aromatic N) is 2. The molecule has 0 aromatic heterocycles. The fraction of sp³-hybridized carbons (Fsp3) is 0.394. The summed E-state index contributed by atoms with van der Waals surface area (Å²) in [5.74, 6) is -1.35. The van der Waals surface area contributed by atoms with Gasteiger partial charge in [0.15, 0.2) is 6.29 Å². The molecule has 0 spiro atoms. The molecule has 5 rings (SSSR count). The summed E-state index contributed by atoms with van der Waals surface area (Å²) < 4.78 is 13.0. The maximum absolute atomic E-state index is 12.0. The first-order valence-electron chi connectivity index (χ1n) is 14.6. The number of aliphatic hydroxyl groups is 1. The molecule has 0 radical (unpaired) electrons. The number of hydrogen-bond donors (Lipinski definition) is 3. The lowest BCUT2D eigenvalue weighted by Crippen LogP contribution is -2.49. The maximum Gasteiger partial charge on any atom is 0.303 e. The van der Waals surface area contributed by atoms with Crippen LogP contribution in [-0.4, -0.2) is 70.7 Å². The number of carboxylic acid groups (broad SMARTS) is 1. The smallest absolute Gasteiger partial charge is 0.303 e. The van der Waals surface area contributed by atoms with Gasteiger partial charge in [0.25, 0.3) is 0 Å². The Hall–Kier alpha value is -3.60. The van der Waals surface area contributed by atoms with Crippen LogP contribution >= 0.6 is 0 Å². The average molecular weight is 574 g/mol. The Morgan fingerprint density at radius 1 is 0.786 bits per heavy atom. The Morgan fingerprint density at radius 2 is 1.45 bits per heavy atom. The molecule has 2 aliphatic rings. The van der Waals surface area contributed by atoms with E-state index >= 15 is 0 Å². The van der Waals surface area contributed by atoms with Crippen molar-refractivity contribution in [1.29, 1.82) is 0 Å². The fourth-order valence-corrected chi connectivity index (χ4v) is 5.46. The van der Waals surface area contributed by atoms with Crippen LogP contribution in [0.2, 0.25) is 0 Å². The number of rotatable bonds is 11. The van der Waals surface area contributed by atoms with Crippen molar-refractivity contribution >= 4 is 17.6 Å². The minimum absolute atomic E-state index is 0.00436. The number of aliphatic carboxylic acids is 1. The molecule has 2 saturated heterocycles. The van der Waals surface area contributed by atoms with Crippen LogP contribution in [0.15, 0.2) is 78.9 Å². The summed E-state index contributed by atoms with van der Waals surface area (Å²) in [5.41, 5.74) is 4.66. The van der Waals surface area contributed by atoms with E-state index in [1.54, 1.807) is 12.1 Å². The number of carbonyl (C=O) groups is 2. The van der Waals surface area contributed by atoms with E-state index in [0.29, 0.717) is 5.69 Å². The van der Waals surface area contributed by atoms with Crippen molar-refractivity contribution in [3.05, 3.63) is 101 Å². The quantitative estimate of drug-likeness (QED) is 0.311. The SMILES string of the molecule is O=C(O)CCC(=O)Nc1ccc([C@@H]2O[C@H](CN3CCN(Cc4ccccc4)CC3)C[C@H](c3ccc(CO)cc3)O2)cc1. The maximum atomic E-state index is 12.0. The van der Waals surface area contributed by atoms with Gasteiger partial charge in [0.2, 0.25) is 5.91 Å². The molecule has 2 heterocycles. The highest BCUT2D eigenvalue weighted by molar-refractivity contribution is 5.92. The van der Waals surface area contributed by atoms with Gasteiger partial charge < -0.3 is 25.0 Å². The summed E-state index contributed by atoms with van der Waals surface area (Å²) in [5, 5.41) is 21.0. The Morgan fingerprint density at radius 3 is 2.12 bits per heavy atom. The van der Waals surface area contributed by atoms with Crippen molar-refractivity contribution < 1.29 is 29.3 Å². The van der Waals surface area contributed by atoms with Crippen LogP contribution in [-0.2, 0) is 32.2 Å². The molecule has 0 saturated carbocycles. The zero-order valence-corrected chi connectivity index (χ0v) is 23.7. The minimum atomic E-state index is -1.00. The van der Waals surface area contributed by atoms with Gasteiger partial charge in [0.1, 0.15) is 0 Å². The predicted molar refractivity (Wildman–Crippen MR) is 159 cm³/mol. The summed E-state index contributed by atoms with van der Waals surface area (Å²) in [7, 11) is 0. The van der Waals surface area contributed by atoms with E-state index in [-0.39, 0.29) is 37.6 Å². The summed E-state index contributed by atoms with van der Waals surface area (Å²) in [6.07, 6.45) is -0.361. The highest BCUT2D eigenvalue weighted by atomic mass is 16.7. The highest BCUT2D eigenvalue weighted by Crippen LogP contribution is 2.38. The molecule has 0 unspecified atom stereocenters. The number of carbonyl (C=O) groups excluding carboxylic acids is 1. The molecule has 2 fully saturated rings. The van der Waals surface area contributed by atoms with Gasteiger partial charge in [-0.3, -0.25) is 19.4 Å². The van der Waals surface area contributed by atoms with E-state index in [1.807, 2.05) is 42.5 Å². The predicted octanol–water partition coefficient (Wildman–Crippen LogP) is 4.35. The molecule has 42 heavy (non-hydrogen) atoms. The Balaban J connectivity index is 1.23. The van der Waals surface area contributed by atoms with Gasteiger partial charge in [-0.1, -0.05) is 66.7 Å². The summed E-state index contributed by atoms with van der Waals surface area (Å²) >= 11 is 0. The largest absolute Gasteiger partial charge is 0.481 e. The minimum Gasteiger partial charge on any atom is -0.481 e. The van der Waals surface area contributed by atoms with Crippen LogP contribution in [0.5, 0.6) is 0 Å². The Kier molecular flexibility index (Phi) is 10.3. The standard InChI is InChI=1S/C33H39N3O6/c37-23-25-6-8-26(9-7-25)30-20-29(22-36-18-16-35(17-19-36)21-24-4-2-1-3-5-24)41-33(42-30)27-10-12-28(13-11-27)34-31(38)14-15-32(39)40/h1-13,29-30,33,37H,14-23H2,(H,34,38)(H,39,40)/t29-,30+,33+/m0/s1. The number of ether oxygens (including phenoxy) is 2. The van der Waals surface area contributed by atoms with Gasteiger partial charge in [-0.25, -0.2) is 0 Å². The molecule has 3 aromatic rings. The van der Waals surface area contributed by atoms with E-state index in [0.717, 1.165) is 62.4 Å². The van der Waals surface area contributed by atoms with Crippen LogP contribution in [0, 0.1) is 0 Å². The van der Waals surface area contributed by atoms with Crippen molar-refractivity contribution in [2.24, 2.45) is 0 Å². The van der Waals surface area contributed by atoms with Crippen LogP contribution < -0.4 is 5.32 Å². The van der Waals surface area contributed by atoms with E-state index in [9.17, 15) is 14.7 Å². The molecule has 222 valence electrons. The van der Waals surface area contributed by atoms with E-state index in [1.165, 1.54) is 5.56 Å². The molecule has 3 N–H and O–H groups in total. The van der Waals surface area contributed by atoms with Crippen LogP contribution in [0.4, 0.5) is 5.69 Å². The molecule has 2 aliphatic heterocycles. The van der Waals surface area contributed by atoms with Gasteiger partial charge in [0, 0.05) is 63.4 Å². The number of nitrogens with one attached hydrogen (secondary N) is 1. The number of amides is 1. The first kappa shape index (κ1) is 29.9. The first-order chi connectivity index (χ1) is 20.4. The molecule has 9 heteroatoms. The van der Waals surface area contributed by atoms with Crippen molar-refractivity contribution in [3.8, 4) is 0 Å². The Labute approximate surface area is 246 Å². The fourth-order valence-electron chi connectivity index (χ4n) is 5.46. The molecule has 9 nitrogen and oxygen atoms in total. The normalized spacial score (nSPS) is 21.6. The van der Waals surface area contributed by atoms with Gasteiger partial charge in [-0.2, -0.15) is 0 Å². The second-order valence-corrected chi connectivity index (χ2v) is 11.0. The van der Waals surface area contributed by atoms with Crippen molar-refractivity contribution in [1.82, 2.24) is 9.80 Å². The summed E-state index contributed by atoms with van der Waals surface area (Å²) in [4.78, 5) is 27.8. The highest BCUT2D eigenvalue weighted by Gasteiger charge is 2.33. The van der Waals surface area contributed by atoms with Gasteiger partial charge in [0.05, 0.1) is 25.2 Å². The van der Waals surface area contributed by atoms with Crippen LogP contribution in [0.25, 0.3) is 0 Å². The molecule has 1 amide bonds. The first-order valence-corrected chi connectivity index (χ1v) is 14.6. The molecule has 0 bridgehead atoms. The number of hydrogen-bond acceptors (Lipinski definition) is 7. The zero-order valence-electron chi connectivity index (χ0n) is 23.7. The molecule has 0 aliphatic carbocycles. The van der Waals surface area contributed by atoms with E-state index < -0.39 is 12.3 Å². The number of benzene rings is 3. The Bertz CT molecular complexity index is 1290. The number of anilines is 1. The lowest BCUT2D eigenvalue weighted by molar-refractivity contribution is -0.253. The lowest BCUT2D eigenvalue weighted by atomic mass is 9.99. The molecule has 3 atom stereocenters. The zero-order chi connectivity index (χ0) is 29.3. The van der Waals surface area contributed by atoms with Crippen LogP contribution in [0.3, 0.4) is 0 Å². The van der Waals surface area contributed by atoms with Crippen molar-refractivity contribution in [3.63, 3.8) is 0 Å². The third kappa shape index (κ3) is 8.47. The van der Waals surface area contributed by atoms with E-state index in [2.05, 4.69) is 39.4 Å². The summed E-state index contributed by atoms with van der Waals surface area (Å²) in [6, 6.07) is 25.7. The topological polar surface area (TPSA) is 112 Å². The monoisotopic (exact) mass is 573 g/mol. The molecular weight excluding hydrogens is 534 g/mol. The van der Waals surface area contributed by atoms with Gasteiger partial charge in [-0.05, 0) is 28.8 Å². The van der Waals surface area contributed by atoms with Gasteiger partial charge >= 0.3 is 5.97 Å². The van der Waals surface area contributed by atoms with E-state index in [4.69, 9.17) is 14.6 Å². The van der Waals surface area contributed by atoms with Crippen LogP contribution in [0.1, 0.15) is 53.9 Å². The summed E-state index contributed by atoms with van der Waals surface area (Å²) in [6.45, 7) is 5.74. The van der Waals surface area contributed by atoms with Gasteiger partial charge in [-0.15, -0.1) is 0 Å².